The van der Waals surface area contributed by atoms with Crippen LogP contribution in [-0.2, 0) is 43.5 Å². The van der Waals surface area contributed by atoms with E-state index in [0.717, 1.165) is 0 Å². The molecule has 6 atom stereocenters. The van der Waals surface area contributed by atoms with Gasteiger partial charge in [-0.05, 0) is 71.9 Å². The fraction of sp³-hybridized carbons (Fsp3) is 0.639. The minimum absolute atomic E-state index is 0.122. The van der Waals surface area contributed by atoms with E-state index in [1.807, 2.05) is 27.7 Å². The maximum absolute atomic E-state index is 14.6. The number of esters is 4. The summed E-state index contributed by atoms with van der Waals surface area (Å²) in [5, 5.41) is 0.547. The lowest BCUT2D eigenvalue weighted by atomic mass is 9.66. The number of benzene rings is 1. The van der Waals surface area contributed by atoms with Crippen molar-refractivity contribution in [2.45, 2.75) is 122 Å². The van der Waals surface area contributed by atoms with Crippen molar-refractivity contribution in [2.75, 3.05) is 0 Å². The van der Waals surface area contributed by atoms with Crippen LogP contribution in [0.1, 0.15) is 104 Å². The highest BCUT2D eigenvalue weighted by Crippen LogP contribution is 2.67. The maximum Gasteiger partial charge on any atom is 0.351 e. The Morgan fingerprint density at radius 3 is 1.77 bits per heavy atom. The first kappa shape index (κ1) is 33.1. The molecule has 11 nitrogen and oxygen atoms in total. The van der Waals surface area contributed by atoms with Crippen LogP contribution >= 0.6 is 15.9 Å². The molecule has 1 aromatic carbocycles. The monoisotopic (exact) mass is 728 g/mol. The maximum atomic E-state index is 14.6. The third kappa shape index (κ3) is 3.67. The summed E-state index contributed by atoms with van der Waals surface area (Å²) < 4.78 is 37.2. The van der Waals surface area contributed by atoms with Gasteiger partial charge in [0, 0.05) is 22.2 Å². The molecule has 4 heterocycles. The molecule has 2 saturated carbocycles. The summed E-state index contributed by atoms with van der Waals surface area (Å²) in [6, 6.07) is 3.06. The molecule has 4 fully saturated rings. The van der Waals surface area contributed by atoms with Crippen molar-refractivity contribution in [1.29, 1.82) is 0 Å². The second kappa shape index (κ2) is 9.63. The van der Waals surface area contributed by atoms with Crippen LogP contribution in [0.2, 0.25) is 0 Å². The summed E-state index contributed by atoms with van der Waals surface area (Å²) in [7, 11) is 0. The molecule has 7 rings (SSSR count). The first-order chi connectivity index (χ1) is 22.1. The molecule has 0 N–H and O–H groups in total. The Labute approximate surface area is 286 Å². The summed E-state index contributed by atoms with van der Waals surface area (Å²) in [4.78, 5) is 68.6. The molecule has 0 spiro atoms. The van der Waals surface area contributed by atoms with Crippen molar-refractivity contribution in [3.63, 3.8) is 0 Å². The van der Waals surface area contributed by atoms with Gasteiger partial charge in [-0.25, -0.2) is 9.59 Å². The average Bonchev–Trinajstić information content (AvgIpc) is 3.45. The smallest absolute Gasteiger partial charge is 0.351 e. The number of alkyl halides is 1. The molecule has 48 heavy (non-hydrogen) atoms. The number of halogens is 1. The van der Waals surface area contributed by atoms with Crippen molar-refractivity contribution in [3.8, 4) is 5.75 Å². The van der Waals surface area contributed by atoms with Gasteiger partial charge in [-0.2, -0.15) is 0 Å². The molecular formula is C36H41BrO11. The second-order valence-electron chi connectivity index (χ2n) is 16.2. The largest absolute Gasteiger partial charge is 0.483 e. The van der Waals surface area contributed by atoms with Crippen LogP contribution in [0.5, 0.6) is 5.75 Å². The zero-order valence-electron chi connectivity index (χ0n) is 28.7. The minimum atomic E-state index is -1.60. The molecule has 1 aromatic heterocycles. The quantitative estimate of drug-likeness (QED) is 0.206. The van der Waals surface area contributed by atoms with Crippen LogP contribution in [0.25, 0.3) is 11.0 Å². The summed E-state index contributed by atoms with van der Waals surface area (Å²) in [5.74, 6) is -1.95. The van der Waals surface area contributed by atoms with Crippen molar-refractivity contribution in [2.24, 2.45) is 21.7 Å². The summed E-state index contributed by atoms with van der Waals surface area (Å²) in [6.45, 7) is 15.9. The third-order valence-electron chi connectivity index (χ3n) is 13.3. The molecule has 2 aromatic rings. The Kier molecular flexibility index (Phi) is 6.64. The average molecular weight is 730 g/mol. The Bertz CT molecular complexity index is 1910. The number of rotatable bonds is 5. The Hall–Kier alpha value is -3.41. The SMILES string of the molecule is Cc1cc(=O)c2c(CBr)cc3c(c2o1)[C@@H](OC(=O)C12CC[C@@](C)(C(=O)O1)C2(C)C)[C@@H](OC(=O)C12CC[C@](C)(C(=O)O1)C2(C)C)C(C)(C)O3. The van der Waals surface area contributed by atoms with E-state index in [2.05, 4.69) is 15.9 Å². The van der Waals surface area contributed by atoms with Crippen LogP contribution in [-0.4, -0.2) is 46.8 Å². The molecule has 5 aliphatic rings. The zero-order chi connectivity index (χ0) is 35.2. The van der Waals surface area contributed by atoms with Crippen molar-refractivity contribution in [3.05, 3.63) is 39.2 Å². The molecule has 2 aliphatic carbocycles. The molecule has 258 valence electrons. The number of hydrogen-bond donors (Lipinski definition) is 0. The molecule has 0 amide bonds. The normalized spacial score (nSPS) is 36.3. The van der Waals surface area contributed by atoms with Crippen LogP contribution in [0.3, 0.4) is 0 Å². The van der Waals surface area contributed by atoms with Gasteiger partial charge in [0.1, 0.15) is 22.7 Å². The molecule has 0 radical (unpaired) electrons. The van der Waals surface area contributed by atoms with Gasteiger partial charge in [0.25, 0.3) is 0 Å². The van der Waals surface area contributed by atoms with E-state index >= 15 is 0 Å². The molecule has 3 aliphatic heterocycles. The second-order valence-corrected chi connectivity index (χ2v) is 16.8. The number of carbonyl (C=O) groups is 4. The summed E-state index contributed by atoms with van der Waals surface area (Å²) >= 11 is 3.47. The van der Waals surface area contributed by atoms with E-state index in [0.29, 0.717) is 29.5 Å². The van der Waals surface area contributed by atoms with E-state index in [-0.39, 0.29) is 40.6 Å². The van der Waals surface area contributed by atoms with Gasteiger partial charge in [-0.15, -0.1) is 0 Å². The highest BCUT2D eigenvalue weighted by atomic mass is 79.9. The van der Waals surface area contributed by atoms with E-state index in [4.69, 9.17) is 28.1 Å². The topological polar surface area (TPSA) is 145 Å². The van der Waals surface area contributed by atoms with Gasteiger partial charge in [0.05, 0.1) is 21.8 Å². The lowest BCUT2D eigenvalue weighted by Gasteiger charge is -2.46. The highest BCUT2D eigenvalue weighted by Gasteiger charge is 2.78. The first-order valence-electron chi connectivity index (χ1n) is 16.4. The number of aryl methyl sites for hydroxylation is 1. The van der Waals surface area contributed by atoms with Crippen molar-refractivity contribution < 1.29 is 47.3 Å². The van der Waals surface area contributed by atoms with E-state index < -0.39 is 74.5 Å². The Morgan fingerprint density at radius 1 is 0.792 bits per heavy atom. The van der Waals surface area contributed by atoms with Crippen molar-refractivity contribution >= 4 is 50.8 Å². The lowest BCUT2D eigenvalue weighted by molar-refractivity contribution is -0.217. The van der Waals surface area contributed by atoms with Gasteiger partial charge >= 0.3 is 23.9 Å². The van der Waals surface area contributed by atoms with Crippen LogP contribution in [0.4, 0.5) is 0 Å². The predicted octanol–water partition coefficient (Wildman–Crippen LogP) is 5.91. The van der Waals surface area contributed by atoms with Crippen molar-refractivity contribution in [1.82, 2.24) is 0 Å². The van der Waals surface area contributed by atoms with E-state index in [9.17, 15) is 24.0 Å². The first-order valence-corrected chi connectivity index (χ1v) is 17.5. The Morgan fingerprint density at radius 2 is 1.31 bits per heavy atom. The van der Waals surface area contributed by atoms with Crippen LogP contribution in [0, 0.1) is 28.6 Å². The van der Waals surface area contributed by atoms with Crippen LogP contribution in [0.15, 0.2) is 21.3 Å². The molecule has 2 unspecified atom stereocenters. The number of ether oxygens (including phenoxy) is 5. The molecule has 4 bridgehead atoms. The van der Waals surface area contributed by atoms with Gasteiger partial charge in [0.2, 0.25) is 11.2 Å². The van der Waals surface area contributed by atoms with Gasteiger partial charge in [-0.1, -0.05) is 43.6 Å². The lowest BCUT2D eigenvalue weighted by Crippen LogP contribution is -2.57. The minimum Gasteiger partial charge on any atom is -0.483 e. The number of fused-ring (bicyclic) bond motifs is 7. The molecular weight excluding hydrogens is 688 g/mol. The van der Waals surface area contributed by atoms with Gasteiger partial charge < -0.3 is 28.1 Å². The van der Waals surface area contributed by atoms with Gasteiger partial charge in [-0.3, -0.25) is 14.4 Å². The van der Waals surface area contributed by atoms with Gasteiger partial charge in [0.15, 0.2) is 17.6 Å². The summed E-state index contributed by atoms with van der Waals surface area (Å²) in [5.41, 5.74) is -7.52. The standard InChI is InChI=1S/C36H41BrO11/c1-17-14-19(38)21-18(16-37)15-20-22(23(21)43-17)24(44-28(41)35-12-10-33(8,26(39)47-35)31(35,4)5)25(30(2,3)46-20)45-29(42)36-13-11-34(9,27(40)48-36)32(36,6)7/h14-15,24-25H,10-13,16H2,1-9H3/t24-,25-,33+,34-,35?,36?/m1/s1. The number of hydrogen-bond acceptors (Lipinski definition) is 11. The third-order valence-corrected chi connectivity index (χ3v) is 13.9. The predicted molar refractivity (Wildman–Crippen MR) is 173 cm³/mol. The number of carbonyl (C=O) groups excluding carboxylic acids is 4. The summed E-state index contributed by atoms with van der Waals surface area (Å²) in [6.07, 6.45) is -1.33. The fourth-order valence-electron chi connectivity index (χ4n) is 8.99. The fourth-order valence-corrected chi connectivity index (χ4v) is 9.43. The van der Waals surface area contributed by atoms with Crippen LogP contribution < -0.4 is 10.2 Å². The van der Waals surface area contributed by atoms with E-state index in [1.54, 1.807) is 40.7 Å². The highest BCUT2D eigenvalue weighted by molar-refractivity contribution is 9.08. The Balaban J connectivity index is 1.40. The molecule has 12 heteroatoms. The zero-order valence-corrected chi connectivity index (χ0v) is 30.3. The molecule has 2 saturated heterocycles. The van der Waals surface area contributed by atoms with E-state index in [1.165, 1.54) is 6.07 Å².